The van der Waals surface area contributed by atoms with Crippen molar-refractivity contribution in [2.75, 3.05) is 31.6 Å². The van der Waals surface area contributed by atoms with E-state index in [0.717, 1.165) is 38.1 Å². The van der Waals surface area contributed by atoms with Gasteiger partial charge >= 0.3 is 6.18 Å². The Balaban J connectivity index is 1.29. The number of benzene rings is 3. The summed E-state index contributed by atoms with van der Waals surface area (Å²) >= 11 is 0. The van der Waals surface area contributed by atoms with Crippen LogP contribution in [0.15, 0.2) is 78.9 Å². The second-order valence-corrected chi connectivity index (χ2v) is 8.98. The number of carbonyl (C=O) groups is 1. The van der Waals surface area contributed by atoms with Crippen LogP contribution in [-0.2, 0) is 6.18 Å². The molecule has 0 bridgehead atoms. The molecule has 2 N–H and O–H groups in total. The number of aliphatic hydroxyl groups is 1. The molecular formula is C28H29F3N2O3. The first-order chi connectivity index (χ1) is 17.3. The van der Waals surface area contributed by atoms with Gasteiger partial charge in [0.1, 0.15) is 18.5 Å². The molecule has 0 aliphatic carbocycles. The van der Waals surface area contributed by atoms with Crippen molar-refractivity contribution in [3.8, 4) is 5.75 Å². The van der Waals surface area contributed by atoms with E-state index in [4.69, 9.17) is 4.74 Å². The number of nitrogens with one attached hydrogen (secondary N) is 1. The average Bonchev–Trinajstić information content (AvgIpc) is 2.88. The summed E-state index contributed by atoms with van der Waals surface area (Å²) in [5.41, 5.74) is 0.705. The minimum atomic E-state index is -4.51. The van der Waals surface area contributed by atoms with Gasteiger partial charge in [-0.15, -0.1) is 0 Å². The van der Waals surface area contributed by atoms with Crippen molar-refractivity contribution in [1.82, 2.24) is 4.90 Å². The predicted molar refractivity (Wildman–Crippen MR) is 132 cm³/mol. The molecule has 1 saturated heterocycles. The maximum Gasteiger partial charge on any atom is 0.416 e. The van der Waals surface area contributed by atoms with Gasteiger partial charge in [-0.2, -0.15) is 13.2 Å². The molecule has 3 aromatic carbocycles. The van der Waals surface area contributed by atoms with Crippen LogP contribution in [0, 0.1) is 0 Å². The summed E-state index contributed by atoms with van der Waals surface area (Å²) in [4.78, 5) is 15.0. The van der Waals surface area contributed by atoms with Gasteiger partial charge in [0, 0.05) is 12.2 Å². The topological polar surface area (TPSA) is 61.8 Å². The van der Waals surface area contributed by atoms with Crippen LogP contribution >= 0.6 is 0 Å². The number of rotatable bonds is 8. The summed E-state index contributed by atoms with van der Waals surface area (Å²) in [6.45, 7) is 2.21. The first-order valence-corrected chi connectivity index (χ1v) is 12.0. The summed E-state index contributed by atoms with van der Waals surface area (Å²) in [5.74, 6) is 0.185. The lowest BCUT2D eigenvalue weighted by Gasteiger charge is -2.33. The molecule has 1 fully saturated rings. The van der Waals surface area contributed by atoms with Gasteiger partial charge in [0.25, 0.3) is 5.91 Å². The minimum absolute atomic E-state index is 0.00747. The molecule has 0 spiro atoms. The van der Waals surface area contributed by atoms with Crippen LogP contribution < -0.4 is 10.1 Å². The third kappa shape index (κ3) is 6.86. The highest BCUT2D eigenvalue weighted by molar-refractivity contribution is 6.06. The highest BCUT2D eigenvalue weighted by atomic mass is 19.4. The van der Waals surface area contributed by atoms with Gasteiger partial charge < -0.3 is 20.1 Å². The van der Waals surface area contributed by atoms with Crippen molar-refractivity contribution in [2.45, 2.75) is 31.0 Å². The number of alkyl halides is 3. The molecule has 4 rings (SSSR count). The van der Waals surface area contributed by atoms with Gasteiger partial charge in [0.05, 0.1) is 11.1 Å². The van der Waals surface area contributed by atoms with Crippen LogP contribution in [0.5, 0.6) is 5.75 Å². The van der Waals surface area contributed by atoms with Crippen LogP contribution in [0.25, 0.3) is 0 Å². The van der Waals surface area contributed by atoms with Crippen molar-refractivity contribution < 1.29 is 27.8 Å². The summed E-state index contributed by atoms with van der Waals surface area (Å²) < 4.78 is 44.7. The van der Waals surface area contributed by atoms with Crippen LogP contribution in [-0.4, -0.2) is 48.3 Å². The van der Waals surface area contributed by atoms with Gasteiger partial charge in [0.2, 0.25) is 0 Å². The highest BCUT2D eigenvalue weighted by Gasteiger charge is 2.30. The van der Waals surface area contributed by atoms with Crippen molar-refractivity contribution in [1.29, 1.82) is 0 Å². The molecule has 1 amide bonds. The largest absolute Gasteiger partial charge is 0.490 e. The van der Waals surface area contributed by atoms with Crippen LogP contribution in [0.3, 0.4) is 0 Å². The molecule has 1 atom stereocenters. The Hall–Kier alpha value is -3.36. The second kappa shape index (κ2) is 11.6. The monoisotopic (exact) mass is 498 g/mol. The Labute approximate surface area is 208 Å². The maximum absolute atomic E-state index is 13.0. The molecule has 1 unspecified atom stereocenters. The molecule has 36 heavy (non-hydrogen) atoms. The Bertz CT molecular complexity index is 1150. The molecule has 190 valence electrons. The lowest BCUT2D eigenvalue weighted by Crippen LogP contribution is -2.40. The number of likely N-dealkylation sites (tertiary alicyclic amines) is 1. The summed E-state index contributed by atoms with van der Waals surface area (Å²) in [5, 5.41) is 13.0. The van der Waals surface area contributed by atoms with E-state index in [9.17, 15) is 23.1 Å². The standard InChI is InChI=1S/C28H29F3N2O3/c29-28(30,31)22-9-6-10-23(17-22)32-27(35)25-11-4-5-12-26(25)36-19-24(34)18-33-15-13-21(14-16-33)20-7-2-1-3-8-20/h1-12,17,21,24,34H,13-16,18-19H2,(H,32,35). The Morgan fingerprint density at radius 3 is 2.42 bits per heavy atom. The number of ether oxygens (including phenoxy) is 1. The van der Waals surface area contributed by atoms with E-state index in [-0.39, 0.29) is 23.6 Å². The van der Waals surface area contributed by atoms with Gasteiger partial charge in [-0.25, -0.2) is 0 Å². The molecule has 5 nitrogen and oxygen atoms in total. The second-order valence-electron chi connectivity index (χ2n) is 8.98. The lowest BCUT2D eigenvalue weighted by atomic mass is 9.89. The SMILES string of the molecule is O=C(Nc1cccc(C(F)(F)F)c1)c1ccccc1OCC(O)CN1CCC(c2ccccc2)CC1. The van der Waals surface area contributed by atoms with E-state index in [1.165, 1.54) is 23.8 Å². The maximum atomic E-state index is 13.0. The predicted octanol–water partition coefficient (Wildman–Crippen LogP) is 5.58. The molecule has 8 heteroatoms. The van der Waals surface area contributed by atoms with Gasteiger partial charge in [-0.1, -0.05) is 48.5 Å². The van der Waals surface area contributed by atoms with Crippen LogP contribution in [0.1, 0.15) is 40.2 Å². The Morgan fingerprint density at radius 1 is 1.00 bits per heavy atom. The molecule has 0 saturated carbocycles. The zero-order valence-electron chi connectivity index (χ0n) is 19.7. The van der Waals surface area contributed by atoms with Crippen molar-refractivity contribution >= 4 is 11.6 Å². The van der Waals surface area contributed by atoms with E-state index in [1.54, 1.807) is 18.2 Å². The molecule has 1 heterocycles. The van der Waals surface area contributed by atoms with E-state index < -0.39 is 23.8 Å². The number of halogens is 3. The van der Waals surface area contributed by atoms with Crippen LogP contribution in [0.4, 0.5) is 18.9 Å². The smallest absolute Gasteiger partial charge is 0.416 e. The van der Waals surface area contributed by atoms with Crippen molar-refractivity contribution in [3.63, 3.8) is 0 Å². The zero-order chi connectivity index (χ0) is 25.5. The van der Waals surface area contributed by atoms with E-state index in [2.05, 4.69) is 34.5 Å². The number of piperidine rings is 1. The molecule has 0 radical (unpaired) electrons. The summed E-state index contributed by atoms with van der Waals surface area (Å²) in [7, 11) is 0. The fourth-order valence-electron chi connectivity index (χ4n) is 4.46. The number of aliphatic hydroxyl groups excluding tert-OH is 1. The minimum Gasteiger partial charge on any atom is -0.490 e. The first-order valence-electron chi connectivity index (χ1n) is 12.0. The summed E-state index contributed by atoms with van der Waals surface area (Å²) in [6.07, 6.45) is -3.21. The molecule has 1 aliphatic rings. The number of hydrogen-bond donors (Lipinski definition) is 2. The molecule has 3 aromatic rings. The molecule has 1 aliphatic heterocycles. The number of β-amino-alcohol motifs (C(OH)–C–C–N with tert-alkyl or cyclic N) is 1. The quantitative estimate of drug-likeness (QED) is 0.426. The fraction of sp³-hybridized carbons (Fsp3) is 0.321. The van der Waals surface area contributed by atoms with Crippen molar-refractivity contribution in [2.24, 2.45) is 0 Å². The number of carbonyl (C=O) groups excluding carboxylic acids is 1. The Kier molecular flexibility index (Phi) is 8.28. The average molecular weight is 499 g/mol. The number of hydrogen-bond acceptors (Lipinski definition) is 4. The van der Waals surface area contributed by atoms with Gasteiger partial charge in [0.15, 0.2) is 0 Å². The zero-order valence-corrected chi connectivity index (χ0v) is 19.7. The highest BCUT2D eigenvalue weighted by Crippen LogP contribution is 2.31. The Morgan fingerprint density at radius 2 is 1.69 bits per heavy atom. The normalized spacial score (nSPS) is 15.9. The van der Waals surface area contributed by atoms with Gasteiger partial charge in [-0.05, 0) is 67.7 Å². The van der Waals surface area contributed by atoms with Crippen LogP contribution in [0.2, 0.25) is 0 Å². The third-order valence-corrected chi connectivity index (χ3v) is 6.34. The number of anilines is 1. The van der Waals surface area contributed by atoms with E-state index >= 15 is 0 Å². The number of amides is 1. The van der Waals surface area contributed by atoms with E-state index in [1.807, 2.05) is 6.07 Å². The summed E-state index contributed by atoms with van der Waals surface area (Å²) in [6, 6.07) is 21.3. The molecular weight excluding hydrogens is 469 g/mol. The van der Waals surface area contributed by atoms with Gasteiger partial charge in [-0.3, -0.25) is 4.79 Å². The fourth-order valence-corrected chi connectivity index (χ4v) is 4.46. The third-order valence-electron chi connectivity index (χ3n) is 6.34. The first kappa shape index (κ1) is 25.7. The van der Waals surface area contributed by atoms with E-state index in [0.29, 0.717) is 12.5 Å². The lowest BCUT2D eigenvalue weighted by molar-refractivity contribution is -0.137. The number of para-hydroxylation sites is 1. The van der Waals surface area contributed by atoms with Crippen molar-refractivity contribution in [3.05, 3.63) is 95.6 Å². The number of nitrogens with zero attached hydrogens (tertiary/aromatic N) is 1. The molecule has 0 aromatic heterocycles.